The van der Waals surface area contributed by atoms with Crippen molar-refractivity contribution in [3.63, 3.8) is 0 Å². The average molecular weight is 315 g/mol. The lowest BCUT2D eigenvalue weighted by molar-refractivity contribution is 0.816. The van der Waals surface area contributed by atoms with Crippen LogP contribution in [0, 0.1) is 0 Å². The first-order chi connectivity index (χ1) is 9.49. The Morgan fingerprint density at radius 1 is 0.450 bits per heavy atom. The van der Waals surface area contributed by atoms with E-state index in [4.69, 9.17) is 0 Å². The number of rotatable bonds is 13. The molecule has 0 fully saturated rings. The predicted octanol–water partition coefficient (Wildman–Crippen LogP) is 7.42. The number of unbranched alkanes of at least 4 members (excludes halogenated alkanes) is 4. The van der Waals surface area contributed by atoms with E-state index in [1.165, 1.54) is 51.4 Å². The van der Waals surface area contributed by atoms with Crippen LogP contribution in [0.4, 0.5) is 0 Å². The molecule has 0 aliphatic heterocycles. The third kappa shape index (κ3) is 6.47. The van der Waals surface area contributed by atoms with Gasteiger partial charge in [0.15, 0.2) is 0 Å². The maximum absolute atomic E-state index is 2.82. The van der Waals surface area contributed by atoms with E-state index < -0.39 is 15.2 Å². The normalized spacial score (nSPS) is 12.9. The molecule has 122 valence electrons. The summed E-state index contributed by atoms with van der Waals surface area (Å²) in [4.78, 5) is 0. The molecule has 0 bridgehead atoms. The fraction of sp³-hybridized carbons (Fsp3) is 1.00. The minimum absolute atomic E-state index is 0.981. The van der Waals surface area contributed by atoms with Crippen LogP contribution < -0.4 is 0 Å². The molecule has 0 aromatic rings. The van der Waals surface area contributed by atoms with Crippen LogP contribution in [0.15, 0.2) is 0 Å². The first kappa shape index (κ1) is 20.4. The third-order valence-electron chi connectivity index (χ3n) is 5.79. The minimum atomic E-state index is -0.981. The van der Waals surface area contributed by atoms with E-state index in [9.17, 15) is 0 Å². The Morgan fingerprint density at radius 3 is 0.800 bits per heavy atom. The Bertz CT molecular complexity index is 185. The zero-order valence-corrected chi connectivity index (χ0v) is 17.5. The van der Waals surface area contributed by atoms with Gasteiger partial charge in [-0.15, -0.1) is 0 Å². The average Bonchev–Trinajstić information content (AvgIpc) is 2.46. The van der Waals surface area contributed by atoms with Gasteiger partial charge in [0.1, 0.15) is 0 Å². The molecule has 0 nitrogen and oxygen atoms in total. The molecule has 0 heterocycles. The molecule has 0 aliphatic carbocycles. The maximum Gasteiger partial charge on any atom is 0.0446 e. The van der Waals surface area contributed by atoms with Gasteiger partial charge in [-0.05, 0) is 0 Å². The van der Waals surface area contributed by atoms with Gasteiger partial charge in [-0.3, -0.25) is 0 Å². The standard InChI is InChI=1S/C18H42Si2/c1-7-11-15-19(5,16-12-8-2)20(6,17-13-9-3)18-14-10-4/h7-18H2,1-6H3. The Kier molecular flexibility index (Phi) is 11.3. The van der Waals surface area contributed by atoms with Gasteiger partial charge in [-0.2, -0.15) is 0 Å². The molecule has 0 aromatic heterocycles. The molecule has 0 unspecified atom stereocenters. The van der Waals surface area contributed by atoms with Crippen molar-refractivity contribution in [2.75, 3.05) is 0 Å². The molecule has 20 heavy (non-hydrogen) atoms. The Hall–Kier alpha value is 0.434. The fourth-order valence-corrected chi connectivity index (χ4v) is 20.5. The number of hydrogen-bond donors (Lipinski definition) is 0. The van der Waals surface area contributed by atoms with Crippen LogP contribution in [0.25, 0.3) is 0 Å². The summed E-state index contributed by atoms with van der Waals surface area (Å²) in [6, 6.07) is 6.55. The van der Waals surface area contributed by atoms with Crippen LogP contribution in [0.1, 0.15) is 79.1 Å². The molecule has 2 heteroatoms. The Balaban J connectivity index is 5.02. The summed E-state index contributed by atoms with van der Waals surface area (Å²) < 4.78 is 0. The highest BCUT2D eigenvalue weighted by atomic mass is 29.3. The monoisotopic (exact) mass is 314 g/mol. The zero-order valence-electron chi connectivity index (χ0n) is 15.5. The maximum atomic E-state index is 2.82. The molecule has 0 aromatic carbocycles. The lowest BCUT2D eigenvalue weighted by Gasteiger charge is -2.45. The summed E-state index contributed by atoms with van der Waals surface area (Å²) in [6.45, 7) is 15.2. The van der Waals surface area contributed by atoms with Gasteiger partial charge in [0.2, 0.25) is 0 Å². The van der Waals surface area contributed by atoms with Crippen molar-refractivity contribution >= 4 is 15.2 Å². The van der Waals surface area contributed by atoms with Gasteiger partial charge in [-0.25, -0.2) is 0 Å². The third-order valence-corrected chi connectivity index (χ3v) is 26.3. The largest absolute Gasteiger partial charge is 0.0711 e. The quantitative estimate of drug-likeness (QED) is 0.310. The fourth-order valence-electron chi connectivity index (χ4n) is 3.72. The molecular weight excluding hydrogens is 272 g/mol. The molecule has 0 saturated carbocycles. The molecule has 0 N–H and O–H groups in total. The first-order valence-corrected chi connectivity index (χ1v) is 16.3. The van der Waals surface area contributed by atoms with Gasteiger partial charge in [0.25, 0.3) is 0 Å². The predicted molar refractivity (Wildman–Crippen MR) is 102 cm³/mol. The highest BCUT2D eigenvalue weighted by Crippen LogP contribution is 2.38. The van der Waals surface area contributed by atoms with Gasteiger partial charge < -0.3 is 0 Å². The van der Waals surface area contributed by atoms with E-state index in [0.29, 0.717) is 0 Å². The lowest BCUT2D eigenvalue weighted by Crippen LogP contribution is -2.58. The van der Waals surface area contributed by atoms with Crippen LogP contribution >= 0.6 is 0 Å². The van der Waals surface area contributed by atoms with Crippen LogP contribution in [0.3, 0.4) is 0 Å². The molecule has 0 atom stereocenters. The van der Waals surface area contributed by atoms with Crippen molar-refractivity contribution in [2.45, 2.75) is 116 Å². The van der Waals surface area contributed by atoms with Gasteiger partial charge >= 0.3 is 0 Å². The molecule has 0 saturated heterocycles. The van der Waals surface area contributed by atoms with Crippen molar-refractivity contribution in [3.05, 3.63) is 0 Å². The summed E-state index contributed by atoms with van der Waals surface area (Å²) in [7, 11) is -1.96. The van der Waals surface area contributed by atoms with Gasteiger partial charge in [-0.1, -0.05) is 116 Å². The lowest BCUT2D eigenvalue weighted by atomic mass is 10.4. The van der Waals surface area contributed by atoms with Crippen molar-refractivity contribution < 1.29 is 0 Å². The number of hydrogen-bond acceptors (Lipinski definition) is 0. The summed E-state index contributed by atoms with van der Waals surface area (Å²) in [6.07, 6.45) is 11.6. The van der Waals surface area contributed by atoms with E-state index >= 15 is 0 Å². The Labute approximate surface area is 131 Å². The summed E-state index contributed by atoms with van der Waals surface area (Å²) in [5, 5.41) is 0. The van der Waals surface area contributed by atoms with Crippen LogP contribution in [0.5, 0.6) is 0 Å². The SMILES string of the molecule is CCCC[Si](C)(CCCC)[Si](C)(CCCC)CCCC. The second kappa shape index (κ2) is 11.1. The van der Waals surface area contributed by atoms with E-state index in [0.717, 1.165) is 0 Å². The van der Waals surface area contributed by atoms with E-state index in [1.807, 2.05) is 0 Å². The van der Waals surface area contributed by atoms with Crippen molar-refractivity contribution in [3.8, 4) is 0 Å². The topological polar surface area (TPSA) is 0 Å². The smallest absolute Gasteiger partial charge is 0.0446 e. The zero-order chi connectivity index (χ0) is 15.5. The van der Waals surface area contributed by atoms with Crippen LogP contribution in [0.2, 0.25) is 37.3 Å². The van der Waals surface area contributed by atoms with Crippen molar-refractivity contribution in [1.82, 2.24) is 0 Å². The second-order valence-corrected chi connectivity index (χ2v) is 23.0. The highest BCUT2D eigenvalue weighted by Gasteiger charge is 2.45. The van der Waals surface area contributed by atoms with E-state index in [2.05, 4.69) is 40.8 Å². The van der Waals surface area contributed by atoms with Crippen LogP contribution in [-0.2, 0) is 0 Å². The van der Waals surface area contributed by atoms with E-state index in [-0.39, 0.29) is 0 Å². The van der Waals surface area contributed by atoms with Crippen molar-refractivity contribution in [2.24, 2.45) is 0 Å². The first-order valence-electron chi connectivity index (χ1n) is 9.49. The van der Waals surface area contributed by atoms with E-state index in [1.54, 1.807) is 24.2 Å². The van der Waals surface area contributed by atoms with Crippen LogP contribution in [-0.4, -0.2) is 15.2 Å². The molecule has 0 amide bonds. The molecule has 0 radical (unpaired) electrons. The summed E-state index contributed by atoms with van der Waals surface area (Å²) in [5.74, 6) is 0. The molecule has 0 spiro atoms. The Morgan fingerprint density at radius 2 is 0.650 bits per heavy atom. The summed E-state index contributed by atoms with van der Waals surface area (Å²) in [5.41, 5.74) is 0. The van der Waals surface area contributed by atoms with Crippen molar-refractivity contribution in [1.29, 1.82) is 0 Å². The molecule has 0 aliphatic rings. The second-order valence-electron chi connectivity index (χ2n) is 7.54. The molecular formula is C18H42Si2. The minimum Gasteiger partial charge on any atom is -0.0711 e. The van der Waals surface area contributed by atoms with Gasteiger partial charge in [0, 0.05) is 15.2 Å². The molecule has 0 rings (SSSR count). The summed E-state index contributed by atoms with van der Waals surface area (Å²) >= 11 is 0. The van der Waals surface area contributed by atoms with Gasteiger partial charge in [0.05, 0.1) is 0 Å². The highest BCUT2D eigenvalue weighted by molar-refractivity contribution is 7.41.